The second-order valence-electron chi connectivity index (χ2n) is 6.17. The zero-order valence-corrected chi connectivity index (χ0v) is 15.1. The molecule has 1 aromatic heterocycles. The van der Waals surface area contributed by atoms with Crippen LogP contribution < -0.4 is 10.6 Å². The number of ether oxygens (including phenoxy) is 1. The Kier molecular flexibility index (Phi) is 5.50. The van der Waals surface area contributed by atoms with Crippen molar-refractivity contribution in [1.82, 2.24) is 9.97 Å². The maximum atomic E-state index is 12.5. The Hall–Kier alpha value is -2.18. The molecule has 1 saturated heterocycles. The van der Waals surface area contributed by atoms with E-state index in [4.69, 9.17) is 16.3 Å². The second-order valence-corrected chi connectivity index (χ2v) is 6.58. The Balaban J connectivity index is 1.69. The molecule has 0 aliphatic carbocycles. The molecule has 1 amide bonds. The van der Waals surface area contributed by atoms with E-state index in [2.05, 4.69) is 20.6 Å². The third kappa shape index (κ3) is 4.46. The molecule has 3 rings (SSSR count). The van der Waals surface area contributed by atoms with Crippen LogP contribution in [0.25, 0.3) is 0 Å². The largest absolute Gasteiger partial charge is 0.376 e. The van der Waals surface area contributed by atoms with Gasteiger partial charge in [0.05, 0.1) is 16.8 Å². The zero-order valence-electron chi connectivity index (χ0n) is 14.3. The number of nitrogens with zero attached hydrogens (tertiary/aromatic N) is 2. The van der Waals surface area contributed by atoms with E-state index in [0.717, 1.165) is 30.6 Å². The zero-order chi connectivity index (χ0) is 17.8. The van der Waals surface area contributed by atoms with Gasteiger partial charge in [-0.2, -0.15) is 0 Å². The van der Waals surface area contributed by atoms with Crippen molar-refractivity contribution in [3.8, 4) is 0 Å². The van der Waals surface area contributed by atoms with Gasteiger partial charge in [0.1, 0.15) is 5.69 Å². The van der Waals surface area contributed by atoms with Gasteiger partial charge in [0.25, 0.3) is 5.91 Å². The number of carbonyl (C=O) groups excluding carboxylic acids is 1. The van der Waals surface area contributed by atoms with Gasteiger partial charge in [-0.1, -0.05) is 17.7 Å². The van der Waals surface area contributed by atoms with Gasteiger partial charge in [0, 0.05) is 19.3 Å². The summed E-state index contributed by atoms with van der Waals surface area (Å²) < 4.78 is 5.56. The van der Waals surface area contributed by atoms with E-state index in [1.54, 1.807) is 12.3 Å². The van der Waals surface area contributed by atoms with E-state index in [1.165, 1.54) is 0 Å². The minimum Gasteiger partial charge on any atom is -0.376 e. The fraction of sp³-hybridized carbons (Fsp3) is 0.389. The Morgan fingerprint density at radius 3 is 2.96 bits per heavy atom. The number of anilines is 2. The number of aryl methyl sites for hydroxylation is 2. The molecule has 2 N–H and O–H groups in total. The number of carbonyl (C=O) groups is 1. The van der Waals surface area contributed by atoms with Crippen molar-refractivity contribution in [2.75, 3.05) is 23.8 Å². The van der Waals surface area contributed by atoms with Crippen LogP contribution in [0.4, 0.5) is 11.6 Å². The molecule has 2 heterocycles. The number of amides is 1. The average Bonchev–Trinajstić information content (AvgIpc) is 3.10. The highest BCUT2D eigenvalue weighted by Gasteiger charge is 2.16. The van der Waals surface area contributed by atoms with Crippen LogP contribution in [0, 0.1) is 13.8 Å². The molecular formula is C18H21ClN4O2. The monoisotopic (exact) mass is 360 g/mol. The maximum absolute atomic E-state index is 12.5. The highest BCUT2D eigenvalue weighted by atomic mass is 35.5. The molecule has 1 atom stereocenters. The van der Waals surface area contributed by atoms with Crippen LogP contribution in [0.3, 0.4) is 0 Å². The summed E-state index contributed by atoms with van der Waals surface area (Å²) >= 11 is 6.25. The first-order valence-electron chi connectivity index (χ1n) is 8.29. The highest BCUT2D eigenvalue weighted by Crippen LogP contribution is 2.27. The predicted molar refractivity (Wildman–Crippen MR) is 98.4 cm³/mol. The molecule has 132 valence electrons. The first-order valence-corrected chi connectivity index (χ1v) is 8.67. The summed E-state index contributed by atoms with van der Waals surface area (Å²) in [4.78, 5) is 20.9. The first kappa shape index (κ1) is 17.6. The van der Waals surface area contributed by atoms with Gasteiger partial charge >= 0.3 is 0 Å². The second kappa shape index (κ2) is 7.80. The van der Waals surface area contributed by atoms with Crippen molar-refractivity contribution < 1.29 is 9.53 Å². The molecule has 1 unspecified atom stereocenters. The molecule has 0 radical (unpaired) electrons. The highest BCUT2D eigenvalue weighted by molar-refractivity contribution is 6.34. The molecule has 7 heteroatoms. The fourth-order valence-electron chi connectivity index (χ4n) is 2.83. The quantitative estimate of drug-likeness (QED) is 0.852. The summed E-state index contributed by atoms with van der Waals surface area (Å²) in [6.45, 7) is 5.30. The van der Waals surface area contributed by atoms with Crippen molar-refractivity contribution in [2.24, 2.45) is 0 Å². The molecule has 2 aromatic rings. The van der Waals surface area contributed by atoms with Gasteiger partial charge < -0.3 is 15.4 Å². The Bertz CT molecular complexity index is 752. The third-order valence-corrected chi connectivity index (χ3v) is 4.37. The lowest BCUT2D eigenvalue weighted by Crippen LogP contribution is -2.21. The van der Waals surface area contributed by atoms with E-state index in [-0.39, 0.29) is 17.7 Å². The minimum atomic E-state index is -0.323. The van der Waals surface area contributed by atoms with Crippen LogP contribution in [0.5, 0.6) is 0 Å². The van der Waals surface area contributed by atoms with Gasteiger partial charge in [0.2, 0.25) is 5.95 Å². The van der Waals surface area contributed by atoms with Gasteiger partial charge in [-0.15, -0.1) is 0 Å². The summed E-state index contributed by atoms with van der Waals surface area (Å²) in [5, 5.41) is 6.47. The number of rotatable bonds is 5. The number of aromatic nitrogens is 2. The van der Waals surface area contributed by atoms with E-state index >= 15 is 0 Å². The molecular weight excluding hydrogens is 340 g/mol. The summed E-state index contributed by atoms with van der Waals surface area (Å²) in [7, 11) is 0. The van der Waals surface area contributed by atoms with Crippen LogP contribution in [0.2, 0.25) is 5.02 Å². The van der Waals surface area contributed by atoms with Crippen molar-refractivity contribution in [2.45, 2.75) is 32.8 Å². The minimum absolute atomic E-state index is 0.176. The Labute approximate surface area is 152 Å². The molecule has 25 heavy (non-hydrogen) atoms. The molecule has 1 fully saturated rings. The number of halogens is 1. The van der Waals surface area contributed by atoms with Gasteiger partial charge in [-0.05, 0) is 49.9 Å². The summed E-state index contributed by atoms with van der Waals surface area (Å²) in [6, 6.07) is 5.36. The Morgan fingerprint density at radius 2 is 2.24 bits per heavy atom. The summed E-state index contributed by atoms with van der Waals surface area (Å²) in [6.07, 6.45) is 3.84. The number of hydrogen-bond donors (Lipinski definition) is 2. The topological polar surface area (TPSA) is 76.1 Å². The van der Waals surface area contributed by atoms with E-state index < -0.39 is 0 Å². The SMILES string of the molecule is Cc1cc(C)c(NC(=O)c2ccnc(NCC3CCCO3)n2)c(Cl)c1. The van der Waals surface area contributed by atoms with Crippen LogP contribution in [0.15, 0.2) is 24.4 Å². The van der Waals surface area contributed by atoms with E-state index in [1.807, 2.05) is 26.0 Å². The maximum Gasteiger partial charge on any atom is 0.274 e. The molecule has 1 aliphatic rings. The van der Waals surface area contributed by atoms with Crippen LogP contribution >= 0.6 is 11.6 Å². The van der Waals surface area contributed by atoms with E-state index in [9.17, 15) is 4.79 Å². The standard InChI is InChI=1S/C18H21ClN4O2/c1-11-8-12(2)16(14(19)9-11)23-17(24)15-5-6-20-18(22-15)21-10-13-4-3-7-25-13/h5-6,8-9,13H,3-4,7,10H2,1-2H3,(H,23,24)(H,20,21,22). The Morgan fingerprint density at radius 1 is 1.40 bits per heavy atom. The molecule has 0 saturated carbocycles. The predicted octanol–water partition coefficient (Wildman–Crippen LogP) is 3.59. The fourth-order valence-corrected chi connectivity index (χ4v) is 3.20. The third-order valence-electron chi connectivity index (χ3n) is 4.07. The lowest BCUT2D eigenvalue weighted by Gasteiger charge is -2.13. The van der Waals surface area contributed by atoms with Crippen LogP contribution in [-0.4, -0.2) is 35.1 Å². The number of benzene rings is 1. The van der Waals surface area contributed by atoms with Gasteiger partial charge in [-0.3, -0.25) is 4.79 Å². The van der Waals surface area contributed by atoms with Crippen LogP contribution in [-0.2, 0) is 4.74 Å². The van der Waals surface area contributed by atoms with Crippen molar-refractivity contribution >= 4 is 29.1 Å². The van der Waals surface area contributed by atoms with E-state index in [0.29, 0.717) is 23.2 Å². The lowest BCUT2D eigenvalue weighted by atomic mass is 10.1. The smallest absolute Gasteiger partial charge is 0.274 e. The first-order chi connectivity index (χ1) is 12.0. The van der Waals surface area contributed by atoms with Crippen molar-refractivity contribution in [3.05, 3.63) is 46.2 Å². The summed E-state index contributed by atoms with van der Waals surface area (Å²) in [5.41, 5.74) is 2.83. The van der Waals surface area contributed by atoms with Crippen molar-refractivity contribution in [3.63, 3.8) is 0 Å². The van der Waals surface area contributed by atoms with Gasteiger partial charge in [-0.25, -0.2) is 9.97 Å². The van der Waals surface area contributed by atoms with Gasteiger partial charge in [0.15, 0.2) is 0 Å². The van der Waals surface area contributed by atoms with Crippen LogP contribution in [0.1, 0.15) is 34.5 Å². The molecule has 1 aliphatic heterocycles. The normalized spacial score (nSPS) is 16.7. The lowest BCUT2D eigenvalue weighted by molar-refractivity contribution is 0.102. The molecule has 6 nitrogen and oxygen atoms in total. The molecule has 1 aromatic carbocycles. The average molecular weight is 361 g/mol. The van der Waals surface area contributed by atoms with Crippen molar-refractivity contribution in [1.29, 1.82) is 0 Å². The number of hydrogen-bond acceptors (Lipinski definition) is 5. The summed E-state index contributed by atoms with van der Waals surface area (Å²) in [5.74, 6) is 0.0892. The molecule has 0 bridgehead atoms. The molecule has 0 spiro atoms. The number of nitrogens with one attached hydrogen (secondary N) is 2.